The van der Waals surface area contributed by atoms with Crippen molar-refractivity contribution in [2.24, 2.45) is 5.41 Å². The van der Waals surface area contributed by atoms with Crippen LogP contribution in [0.1, 0.15) is 64.5 Å². The van der Waals surface area contributed by atoms with Gasteiger partial charge in [0.05, 0.1) is 5.60 Å². The molecular formula is C24H36N4O2. The van der Waals surface area contributed by atoms with E-state index in [0.29, 0.717) is 6.61 Å². The third-order valence-electron chi connectivity index (χ3n) is 7.11. The third kappa shape index (κ3) is 4.49. The molecule has 0 aliphatic carbocycles. The van der Waals surface area contributed by atoms with E-state index in [2.05, 4.69) is 66.6 Å². The first kappa shape index (κ1) is 22.6. The zero-order chi connectivity index (χ0) is 22.0. The number of rotatable bonds is 8. The van der Waals surface area contributed by atoms with E-state index < -0.39 is 0 Å². The first-order valence-corrected chi connectivity index (χ1v) is 11.0. The number of pyridine rings is 1. The number of hydrogen-bond acceptors (Lipinski definition) is 5. The second-order valence-electron chi connectivity index (χ2n) is 9.52. The summed E-state index contributed by atoms with van der Waals surface area (Å²) in [4.78, 5) is 26.0. The Balaban J connectivity index is 1.86. The predicted octanol–water partition coefficient (Wildman–Crippen LogP) is 3.85. The van der Waals surface area contributed by atoms with Crippen LogP contribution >= 0.6 is 0 Å². The topological polar surface area (TPSA) is 71.1 Å². The number of ether oxygens (including phenoxy) is 1. The van der Waals surface area contributed by atoms with Crippen LogP contribution in [0.25, 0.3) is 0 Å². The van der Waals surface area contributed by atoms with Crippen molar-refractivity contribution >= 4 is 0 Å². The first-order chi connectivity index (χ1) is 14.1. The van der Waals surface area contributed by atoms with E-state index >= 15 is 0 Å². The Morgan fingerprint density at radius 2 is 1.97 bits per heavy atom. The maximum Gasteiger partial charge on any atom is 0.250 e. The number of aryl methyl sites for hydroxylation is 2. The highest BCUT2D eigenvalue weighted by molar-refractivity contribution is 5.22. The van der Waals surface area contributed by atoms with Crippen molar-refractivity contribution in [3.8, 4) is 0 Å². The Morgan fingerprint density at radius 1 is 1.20 bits per heavy atom. The van der Waals surface area contributed by atoms with Crippen molar-refractivity contribution < 1.29 is 4.74 Å². The minimum absolute atomic E-state index is 0.0349. The van der Waals surface area contributed by atoms with Crippen molar-refractivity contribution in [1.82, 2.24) is 19.9 Å². The van der Waals surface area contributed by atoms with Crippen LogP contribution < -0.4 is 5.56 Å². The molecule has 3 heterocycles. The molecule has 164 valence electrons. The molecule has 2 aromatic rings. The van der Waals surface area contributed by atoms with Gasteiger partial charge in [-0.3, -0.25) is 14.7 Å². The van der Waals surface area contributed by atoms with E-state index in [9.17, 15) is 4.79 Å². The van der Waals surface area contributed by atoms with Crippen LogP contribution in [-0.4, -0.2) is 45.1 Å². The van der Waals surface area contributed by atoms with Crippen molar-refractivity contribution in [3.63, 3.8) is 0 Å². The van der Waals surface area contributed by atoms with Gasteiger partial charge in [-0.05, 0) is 72.6 Å². The number of H-pyrrole nitrogens is 1. The largest absolute Gasteiger partial charge is 0.375 e. The van der Waals surface area contributed by atoms with E-state index in [1.807, 2.05) is 13.1 Å². The molecule has 0 spiro atoms. The lowest BCUT2D eigenvalue weighted by atomic mass is 9.69. The lowest BCUT2D eigenvalue weighted by molar-refractivity contribution is -0.109. The van der Waals surface area contributed by atoms with E-state index in [-0.39, 0.29) is 22.1 Å². The fourth-order valence-electron chi connectivity index (χ4n) is 4.77. The molecule has 0 amide bonds. The highest BCUT2D eigenvalue weighted by atomic mass is 16.5. The van der Waals surface area contributed by atoms with E-state index in [1.165, 1.54) is 11.6 Å². The lowest BCUT2D eigenvalue weighted by Crippen LogP contribution is -2.50. The van der Waals surface area contributed by atoms with Crippen LogP contribution in [0.2, 0.25) is 0 Å². The van der Waals surface area contributed by atoms with E-state index in [1.54, 1.807) is 6.20 Å². The quantitative estimate of drug-likeness (QED) is 0.713. The summed E-state index contributed by atoms with van der Waals surface area (Å²) in [6.07, 6.45) is 6.27. The molecule has 1 saturated heterocycles. The summed E-state index contributed by atoms with van der Waals surface area (Å²) >= 11 is 0. The van der Waals surface area contributed by atoms with Crippen molar-refractivity contribution in [1.29, 1.82) is 0 Å². The van der Waals surface area contributed by atoms with E-state index in [4.69, 9.17) is 4.74 Å². The Morgan fingerprint density at radius 3 is 2.60 bits per heavy atom. The smallest absolute Gasteiger partial charge is 0.250 e. The van der Waals surface area contributed by atoms with Gasteiger partial charge >= 0.3 is 0 Å². The molecule has 1 N–H and O–H groups in total. The van der Waals surface area contributed by atoms with Gasteiger partial charge in [-0.15, -0.1) is 0 Å². The fraction of sp³-hybridized carbons (Fsp3) is 0.625. The molecule has 2 aromatic heterocycles. The normalized spacial score (nSPS) is 20.6. The van der Waals surface area contributed by atoms with Gasteiger partial charge in [0.1, 0.15) is 5.82 Å². The van der Waals surface area contributed by atoms with E-state index in [0.717, 1.165) is 43.9 Å². The fourth-order valence-corrected chi connectivity index (χ4v) is 4.77. The summed E-state index contributed by atoms with van der Waals surface area (Å²) in [5.41, 5.74) is 1.72. The van der Waals surface area contributed by atoms with Crippen molar-refractivity contribution in [2.75, 3.05) is 19.7 Å². The summed E-state index contributed by atoms with van der Waals surface area (Å²) in [7, 11) is 0. The Bertz CT molecular complexity index is 904. The molecule has 0 aromatic carbocycles. The van der Waals surface area contributed by atoms with Crippen LogP contribution in [0.15, 0.2) is 35.4 Å². The second-order valence-corrected chi connectivity index (χ2v) is 9.52. The van der Waals surface area contributed by atoms with Gasteiger partial charge in [-0.25, -0.2) is 4.98 Å². The van der Waals surface area contributed by atoms with Crippen LogP contribution in [0.4, 0.5) is 0 Å². The molecule has 0 saturated carbocycles. The maximum atomic E-state index is 11.7. The van der Waals surface area contributed by atoms with Gasteiger partial charge in [-0.1, -0.05) is 6.07 Å². The van der Waals surface area contributed by atoms with Crippen molar-refractivity contribution in [3.05, 3.63) is 58.0 Å². The average Bonchev–Trinajstić information content (AvgIpc) is 3.14. The number of aromatic amines is 1. The van der Waals surface area contributed by atoms with Crippen molar-refractivity contribution in [2.45, 2.75) is 71.9 Å². The van der Waals surface area contributed by atoms with Gasteiger partial charge in [0.15, 0.2) is 0 Å². The number of nitrogens with one attached hydrogen (secondary N) is 1. The predicted molar refractivity (Wildman–Crippen MR) is 120 cm³/mol. The van der Waals surface area contributed by atoms with Crippen LogP contribution in [0.5, 0.6) is 0 Å². The van der Waals surface area contributed by atoms with Gasteiger partial charge in [0.2, 0.25) is 0 Å². The molecule has 3 rings (SSSR count). The second kappa shape index (κ2) is 8.60. The standard InChI is InChI=1S/C24H36N4O2/c1-7-30-23(5,6)24(12-10-20-25-14-11-21(29)27-20)13-15-28(17-24)22(3,4)19-9-8-18(2)26-16-19/h8-9,11,14,16H,7,10,12-13,15,17H2,1-6H3,(H,25,27,29)/t24-/m1/s1. The molecule has 6 heteroatoms. The van der Waals surface area contributed by atoms with Crippen LogP contribution in [0, 0.1) is 12.3 Å². The summed E-state index contributed by atoms with van der Waals surface area (Å²) < 4.78 is 6.28. The van der Waals surface area contributed by atoms with Crippen LogP contribution in [0.3, 0.4) is 0 Å². The highest BCUT2D eigenvalue weighted by Gasteiger charge is 2.52. The minimum Gasteiger partial charge on any atom is -0.375 e. The molecule has 0 bridgehead atoms. The third-order valence-corrected chi connectivity index (χ3v) is 7.11. The minimum atomic E-state index is -0.285. The molecule has 1 aliphatic rings. The molecular weight excluding hydrogens is 376 g/mol. The van der Waals surface area contributed by atoms with Crippen LogP contribution in [-0.2, 0) is 16.7 Å². The lowest BCUT2D eigenvalue weighted by Gasteiger charge is -2.46. The number of aromatic nitrogens is 3. The molecule has 1 atom stereocenters. The summed E-state index contributed by atoms with van der Waals surface area (Å²) in [6, 6.07) is 5.73. The summed E-state index contributed by atoms with van der Waals surface area (Å²) in [6.45, 7) is 15.7. The molecule has 6 nitrogen and oxygen atoms in total. The molecule has 0 unspecified atom stereocenters. The molecule has 0 radical (unpaired) electrons. The zero-order valence-corrected chi connectivity index (χ0v) is 19.3. The summed E-state index contributed by atoms with van der Waals surface area (Å²) in [5, 5.41) is 0. The highest BCUT2D eigenvalue weighted by Crippen LogP contribution is 2.49. The monoisotopic (exact) mass is 412 g/mol. The maximum absolute atomic E-state index is 11.7. The Kier molecular flexibility index (Phi) is 6.48. The molecule has 30 heavy (non-hydrogen) atoms. The number of likely N-dealkylation sites (tertiary alicyclic amines) is 1. The van der Waals surface area contributed by atoms with Gasteiger partial charge in [0, 0.05) is 54.7 Å². The summed E-state index contributed by atoms with van der Waals surface area (Å²) in [5.74, 6) is 0.745. The average molecular weight is 413 g/mol. The number of nitrogens with zero attached hydrogens (tertiary/aromatic N) is 3. The van der Waals surface area contributed by atoms with Gasteiger partial charge < -0.3 is 9.72 Å². The molecule has 1 aliphatic heterocycles. The van der Waals surface area contributed by atoms with Gasteiger partial charge in [-0.2, -0.15) is 0 Å². The SMILES string of the molecule is CCOC(C)(C)[C@]1(CCc2nccc(=O)[nH]2)CCN(C(C)(C)c2ccc(C)nc2)C1. The number of hydrogen-bond donors (Lipinski definition) is 1. The first-order valence-electron chi connectivity index (χ1n) is 11.0. The van der Waals surface area contributed by atoms with Gasteiger partial charge in [0.25, 0.3) is 5.56 Å². The Labute approximate surface area is 180 Å². The molecule has 1 fully saturated rings. The Hall–Kier alpha value is -2.05. The zero-order valence-electron chi connectivity index (χ0n) is 19.3.